The van der Waals surface area contributed by atoms with Crippen molar-refractivity contribution in [2.24, 2.45) is 0 Å². The fourth-order valence-electron chi connectivity index (χ4n) is 2.06. The molecule has 0 unspecified atom stereocenters. The summed E-state index contributed by atoms with van der Waals surface area (Å²) in [5.41, 5.74) is -0.0391. The lowest BCUT2D eigenvalue weighted by atomic mass is 10.2. The molecule has 0 bridgehead atoms. The Balaban J connectivity index is 2.15. The van der Waals surface area contributed by atoms with Gasteiger partial charge in [-0.1, -0.05) is 17.7 Å². The van der Waals surface area contributed by atoms with E-state index in [2.05, 4.69) is 0 Å². The number of carbonyl (C=O) groups excluding carboxylic acids is 3. The highest BCUT2D eigenvalue weighted by Crippen LogP contribution is 2.33. The highest BCUT2D eigenvalue weighted by molar-refractivity contribution is 8.18. The molecular formula is C17H18ClNO5S. The Morgan fingerprint density at radius 2 is 2.00 bits per heavy atom. The SMILES string of the molecule is COc1ccc(C=C2SC(=O)N(CC(=O)OC(C)(C)C)C2=O)cc1Cl. The van der Waals surface area contributed by atoms with Gasteiger partial charge in [0.2, 0.25) is 0 Å². The average Bonchev–Trinajstić information content (AvgIpc) is 2.73. The molecule has 1 saturated heterocycles. The van der Waals surface area contributed by atoms with Crippen LogP contribution < -0.4 is 4.74 Å². The van der Waals surface area contributed by atoms with Gasteiger partial charge >= 0.3 is 5.97 Å². The summed E-state index contributed by atoms with van der Waals surface area (Å²) in [5.74, 6) is -0.659. The number of hydrogen-bond donors (Lipinski definition) is 0. The number of rotatable bonds is 4. The van der Waals surface area contributed by atoms with E-state index in [1.165, 1.54) is 7.11 Å². The van der Waals surface area contributed by atoms with E-state index in [0.29, 0.717) is 16.3 Å². The lowest BCUT2D eigenvalue weighted by Gasteiger charge is -2.21. The maximum absolute atomic E-state index is 12.4. The molecule has 8 heteroatoms. The van der Waals surface area contributed by atoms with Crippen LogP contribution in [-0.2, 0) is 14.3 Å². The molecule has 1 aromatic carbocycles. The Labute approximate surface area is 155 Å². The molecular weight excluding hydrogens is 366 g/mol. The number of benzene rings is 1. The normalized spacial score (nSPS) is 16.5. The van der Waals surface area contributed by atoms with Crippen LogP contribution in [0.3, 0.4) is 0 Å². The quantitative estimate of drug-likeness (QED) is 0.582. The fourth-order valence-corrected chi connectivity index (χ4v) is 3.17. The van der Waals surface area contributed by atoms with Gasteiger partial charge in [-0.3, -0.25) is 19.3 Å². The van der Waals surface area contributed by atoms with E-state index in [-0.39, 0.29) is 4.91 Å². The van der Waals surface area contributed by atoms with Crippen molar-refractivity contribution in [3.05, 3.63) is 33.7 Å². The largest absolute Gasteiger partial charge is 0.495 e. The molecule has 0 radical (unpaired) electrons. The van der Waals surface area contributed by atoms with Crippen LogP contribution in [0.15, 0.2) is 23.1 Å². The molecule has 6 nitrogen and oxygen atoms in total. The summed E-state index contributed by atoms with van der Waals surface area (Å²) >= 11 is 6.82. The molecule has 0 spiro atoms. The third kappa shape index (κ3) is 4.99. The summed E-state index contributed by atoms with van der Waals surface area (Å²) in [6.07, 6.45) is 1.55. The standard InChI is InChI=1S/C17H18ClNO5S/c1-17(2,3)24-14(20)9-19-15(21)13(25-16(19)22)8-10-5-6-12(23-4)11(18)7-10/h5-8H,9H2,1-4H3. The Bertz CT molecular complexity index is 754. The van der Waals surface area contributed by atoms with Gasteiger partial charge in [-0.15, -0.1) is 0 Å². The zero-order valence-electron chi connectivity index (χ0n) is 14.3. The second-order valence-electron chi connectivity index (χ2n) is 6.25. The van der Waals surface area contributed by atoms with E-state index in [1.54, 1.807) is 45.0 Å². The first-order valence-electron chi connectivity index (χ1n) is 7.41. The predicted molar refractivity (Wildman–Crippen MR) is 96.5 cm³/mol. The number of imide groups is 1. The van der Waals surface area contributed by atoms with Crippen molar-refractivity contribution >= 4 is 46.6 Å². The monoisotopic (exact) mass is 383 g/mol. The Hall–Kier alpha value is -1.99. The number of carbonyl (C=O) groups is 3. The first kappa shape index (κ1) is 19.3. The van der Waals surface area contributed by atoms with E-state index in [1.807, 2.05) is 0 Å². The van der Waals surface area contributed by atoms with Gasteiger partial charge in [0.1, 0.15) is 17.9 Å². The predicted octanol–water partition coefficient (Wildman–Crippen LogP) is 3.73. The molecule has 2 amide bonds. The molecule has 0 N–H and O–H groups in total. The zero-order valence-corrected chi connectivity index (χ0v) is 15.9. The summed E-state index contributed by atoms with van der Waals surface area (Å²) in [5, 5.41) is -0.119. The number of ether oxygens (including phenoxy) is 2. The molecule has 134 valence electrons. The molecule has 0 atom stereocenters. The Morgan fingerprint density at radius 3 is 2.56 bits per heavy atom. The van der Waals surface area contributed by atoms with E-state index in [9.17, 15) is 14.4 Å². The number of thioether (sulfide) groups is 1. The van der Waals surface area contributed by atoms with Gasteiger partial charge in [-0.25, -0.2) is 0 Å². The molecule has 1 aliphatic heterocycles. The molecule has 0 aromatic heterocycles. The van der Waals surface area contributed by atoms with Gasteiger partial charge in [0, 0.05) is 0 Å². The maximum Gasteiger partial charge on any atom is 0.326 e. The minimum absolute atomic E-state index is 0.217. The molecule has 1 heterocycles. The van der Waals surface area contributed by atoms with Gasteiger partial charge in [-0.05, 0) is 56.3 Å². The number of hydrogen-bond acceptors (Lipinski definition) is 6. The highest BCUT2D eigenvalue weighted by atomic mass is 35.5. The smallest absolute Gasteiger partial charge is 0.326 e. The second-order valence-corrected chi connectivity index (χ2v) is 7.65. The van der Waals surface area contributed by atoms with E-state index in [4.69, 9.17) is 21.1 Å². The lowest BCUT2D eigenvalue weighted by Crippen LogP contribution is -2.37. The first-order valence-corrected chi connectivity index (χ1v) is 8.61. The summed E-state index contributed by atoms with van der Waals surface area (Å²) in [6.45, 7) is 4.73. The van der Waals surface area contributed by atoms with Gasteiger partial charge in [0.15, 0.2) is 0 Å². The van der Waals surface area contributed by atoms with Gasteiger partial charge in [-0.2, -0.15) is 0 Å². The van der Waals surface area contributed by atoms with Crippen LogP contribution in [0.25, 0.3) is 6.08 Å². The van der Waals surface area contributed by atoms with E-state index >= 15 is 0 Å². The van der Waals surface area contributed by atoms with Crippen LogP contribution in [0.5, 0.6) is 5.75 Å². The van der Waals surface area contributed by atoms with Crippen LogP contribution in [0.1, 0.15) is 26.3 Å². The number of amides is 2. The number of halogens is 1. The average molecular weight is 384 g/mol. The van der Waals surface area contributed by atoms with Gasteiger partial charge in [0.25, 0.3) is 11.1 Å². The van der Waals surface area contributed by atoms with E-state index in [0.717, 1.165) is 16.7 Å². The Kier molecular flexibility index (Phi) is 5.80. The molecule has 0 aliphatic carbocycles. The minimum atomic E-state index is -0.686. The number of esters is 1. The molecule has 1 aromatic rings. The van der Waals surface area contributed by atoms with Crippen LogP contribution in [0.4, 0.5) is 4.79 Å². The summed E-state index contributed by atoms with van der Waals surface area (Å²) in [7, 11) is 1.50. The van der Waals surface area contributed by atoms with Crippen molar-refractivity contribution in [3.8, 4) is 5.75 Å². The first-order chi connectivity index (χ1) is 11.6. The summed E-state index contributed by atoms with van der Waals surface area (Å²) < 4.78 is 10.2. The topological polar surface area (TPSA) is 72.9 Å². The summed E-state index contributed by atoms with van der Waals surface area (Å²) in [6, 6.07) is 5.01. The number of nitrogens with zero attached hydrogens (tertiary/aromatic N) is 1. The van der Waals surface area contributed by atoms with Crippen molar-refractivity contribution in [1.82, 2.24) is 4.90 Å². The van der Waals surface area contributed by atoms with Crippen molar-refractivity contribution in [1.29, 1.82) is 0 Å². The van der Waals surface area contributed by atoms with Crippen LogP contribution in [0, 0.1) is 0 Å². The van der Waals surface area contributed by atoms with Crippen molar-refractivity contribution in [2.45, 2.75) is 26.4 Å². The Morgan fingerprint density at radius 1 is 1.32 bits per heavy atom. The maximum atomic E-state index is 12.4. The van der Waals surface area contributed by atoms with Crippen molar-refractivity contribution < 1.29 is 23.9 Å². The van der Waals surface area contributed by atoms with Gasteiger partial charge in [0.05, 0.1) is 17.0 Å². The van der Waals surface area contributed by atoms with Crippen LogP contribution >= 0.6 is 23.4 Å². The van der Waals surface area contributed by atoms with E-state index < -0.39 is 29.3 Å². The van der Waals surface area contributed by atoms with Crippen LogP contribution in [0.2, 0.25) is 5.02 Å². The lowest BCUT2D eigenvalue weighted by molar-refractivity contribution is -0.156. The second kappa shape index (κ2) is 7.49. The molecule has 1 aliphatic rings. The number of methoxy groups -OCH3 is 1. The molecule has 1 fully saturated rings. The summed E-state index contributed by atoms with van der Waals surface area (Å²) in [4.78, 5) is 37.4. The van der Waals surface area contributed by atoms with Crippen LogP contribution in [-0.4, -0.2) is 41.3 Å². The third-order valence-electron chi connectivity index (χ3n) is 3.05. The fraction of sp³-hybridized carbons (Fsp3) is 0.353. The van der Waals surface area contributed by atoms with Crippen molar-refractivity contribution in [2.75, 3.05) is 13.7 Å². The third-order valence-corrected chi connectivity index (χ3v) is 4.26. The molecule has 25 heavy (non-hydrogen) atoms. The molecule has 0 saturated carbocycles. The minimum Gasteiger partial charge on any atom is -0.495 e. The molecule has 2 rings (SSSR count). The van der Waals surface area contributed by atoms with Gasteiger partial charge < -0.3 is 9.47 Å². The van der Waals surface area contributed by atoms with Crippen molar-refractivity contribution in [3.63, 3.8) is 0 Å². The highest BCUT2D eigenvalue weighted by Gasteiger charge is 2.37. The zero-order chi connectivity index (χ0) is 18.8.